The van der Waals surface area contributed by atoms with Gasteiger partial charge in [-0.3, -0.25) is 13.7 Å². The van der Waals surface area contributed by atoms with Crippen LogP contribution in [-0.4, -0.2) is 46.6 Å². The Balaban J connectivity index is 1.42. The van der Waals surface area contributed by atoms with Crippen molar-refractivity contribution in [3.05, 3.63) is 71.2 Å². The molecule has 10 nitrogen and oxygen atoms in total. The Labute approximate surface area is 196 Å². The summed E-state index contributed by atoms with van der Waals surface area (Å²) >= 11 is 0. The van der Waals surface area contributed by atoms with Crippen molar-refractivity contribution < 1.29 is 21.8 Å². The van der Waals surface area contributed by atoms with E-state index in [1.54, 1.807) is 29.9 Å². The van der Waals surface area contributed by atoms with E-state index >= 15 is 0 Å². The van der Waals surface area contributed by atoms with Gasteiger partial charge < -0.3 is 5.32 Å². The SMILES string of the molecule is Cc1ccc(Cn2ccc(C(=O)c3cncnc3N[C@H]3CC[C@@H](COS(N)(=O)=O)C3)n2)cc1F. The van der Waals surface area contributed by atoms with Gasteiger partial charge in [-0.05, 0) is 55.4 Å². The molecule has 0 aliphatic heterocycles. The zero-order valence-electron chi connectivity index (χ0n) is 18.5. The third-order valence-electron chi connectivity index (χ3n) is 5.76. The van der Waals surface area contributed by atoms with E-state index in [1.165, 1.54) is 18.6 Å². The summed E-state index contributed by atoms with van der Waals surface area (Å²) in [6, 6.07) is 6.56. The molecule has 1 aliphatic carbocycles. The van der Waals surface area contributed by atoms with E-state index in [9.17, 15) is 17.6 Å². The standard InChI is InChI=1S/C22H25FN6O4S/c1-14-2-3-15(9-19(14)23)11-29-7-6-20(28-29)21(30)18-10-25-13-26-22(18)27-17-5-4-16(8-17)12-33-34(24,31)32/h2-3,6-7,9-10,13,16-17H,4-5,8,11-12H2,1H3,(H2,24,31,32)(H,25,26,27)/t16-,17+/m1/s1. The number of nitrogens with zero attached hydrogens (tertiary/aromatic N) is 4. The summed E-state index contributed by atoms with van der Waals surface area (Å²) in [4.78, 5) is 21.3. The molecule has 1 aliphatic rings. The van der Waals surface area contributed by atoms with Gasteiger partial charge in [0.1, 0.15) is 23.7 Å². The summed E-state index contributed by atoms with van der Waals surface area (Å²) in [6.07, 6.45) is 6.61. The Kier molecular flexibility index (Phi) is 7.00. The molecule has 180 valence electrons. The molecule has 2 atom stereocenters. The Morgan fingerprint density at radius 1 is 1.32 bits per heavy atom. The molecule has 2 aromatic heterocycles. The molecule has 1 fully saturated rings. The minimum atomic E-state index is -3.97. The van der Waals surface area contributed by atoms with Crippen LogP contribution in [0.3, 0.4) is 0 Å². The molecular formula is C22H25FN6O4S. The van der Waals surface area contributed by atoms with Crippen LogP contribution in [0.2, 0.25) is 0 Å². The molecule has 3 N–H and O–H groups in total. The zero-order valence-corrected chi connectivity index (χ0v) is 19.3. The highest BCUT2D eigenvalue weighted by Crippen LogP contribution is 2.29. The average Bonchev–Trinajstić information content (AvgIpc) is 3.44. The number of nitrogens with one attached hydrogen (secondary N) is 1. The van der Waals surface area contributed by atoms with Crippen LogP contribution < -0.4 is 10.5 Å². The largest absolute Gasteiger partial charge is 0.367 e. The number of aryl methyl sites for hydroxylation is 1. The number of carbonyl (C=O) groups is 1. The summed E-state index contributed by atoms with van der Waals surface area (Å²) in [6.45, 7) is 2.04. The molecule has 3 aromatic rings. The number of nitrogens with two attached hydrogens (primary N) is 1. The highest BCUT2D eigenvalue weighted by molar-refractivity contribution is 7.84. The normalized spacial score (nSPS) is 18.2. The molecule has 4 rings (SSSR count). The number of aromatic nitrogens is 4. The highest BCUT2D eigenvalue weighted by Gasteiger charge is 2.28. The van der Waals surface area contributed by atoms with Crippen LogP contribution in [0.25, 0.3) is 0 Å². The van der Waals surface area contributed by atoms with Crippen LogP contribution >= 0.6 is 0 Å². The first kappa shape index (κ1) is 23.9. The average molecular weight is 489 g/mol. The summed E-state index contributed by atoms with van der Waals surface area (Å²) in [5, 5.41) is 12.5. The van der Waals surface area contributed by atoms with Gasteiger partial charge in [-0.2, -0.15) is 13.5 Å². The molecular weight excluding hydrogens is 463 g/mol. The van der Waals surface area contributed by atoms with Crippen molar-refractivity contribution in [2.75, 3.05) is 11.9 Å². The van der Waals surface area contributed by atoms with Crippen molar-refractivity contribution in [3.8, 4) is 0 Å². The molecule has 1 saturated carbocycles. The fourth-order valence-corrected chi connectivity index (χ4v) is 4.37. The quantitative estimate of drug-likeness (QED) is 0.437. The minimum absolute atomic E-state index is 0.00970. The summed E-state index contributed by atoms with van der Waals surface area (Å²) in [5.41, 5.74) is 1.79. The first-order valence-electron chi connectivity index (χ1n) is 10.7. The topological polar surface area (TPSA) is 142 Å². The summed E-state index contributed by atoms with van der Waals surface area (Å²) in [7, 11) is -3.97. The van der Waals surface area contributed by atoms with E-state index < -0.39 is 10.3 Å². The Bertz CT molecular complexity index is 1300. The third-order valence-corrected chi connectivity index (χ3v) is 6.23. The minimum Gasteiger partial charge on any atom is -0.367 e. The van der Waals surface area contributed by atoms with E-state index in [0.717, 1.165) is 18.4 Å². The summed E-state index contributed by atoms with van der Waals surface area (Å²) < 4.78 is 42.1. The monoisotopic (exact) mass is 488 g/mol. The number of benzene rings is 1. The maximum absolute atomic E-state index is 13.8. The molecule has 34 heavy (non-hydrogen) atoms. The number of rotatable bonds is 9. The van der Waals surface area contributed by atoms with Crippen molar-refractivity contribution >= 4 is 21.9 Å². The number of hydrogen-bond acceptors (Lipinski definition) is 8. The second-order valence-electron chi connectivity index (χ2n) is 8.39. The molecule has 0 amide bonds. The Morgan fingerprint density at radius 2 is 2.15 bits per heavy atom. The fraction of sp³-hybridized carbons (Fsp3) is 0.364. The molecule has 2 heterocycles. The Morgan fingerprint density at radius 3 is 2.91 bits per heavy atom. The van der Waals surface area contributed by atoms with Gasteiger partial charge in [-0.15, -0.1) is 0 Å². The van der Waals surface area contributed by atoms with Crippen molar-refractivity contribution in [1.82, 2.24) is 19.7 Å². The Hall–Kier alpha value is -3.22. The van der Waals surface area contributed by atoms with Crippen molar-refractivity contribution in [3.63, 3.8) is 0 Å². The van der Waals surface area contributed by atoms with E-state index in [-0.39, 0.29) is 41.4 Å². The third kappa shape index (κ3) is 6.01. The predicted octanol–water partition coefficient (Wildman–Crippen LogP) is 2.20. The lowest BCUT2D eigenvalue weighted by Crippen LogP contribution is -2.22. The van der Waals surface area contributed by atoms with Gasteiger partial charge >= 0.3 is 10.3 Å². The number of ketones is 1. The van der Waals surface area contributed by atoms with Crippen LogP contribution in [0.15, 0.2) is 43.0 Å². The lowest BCUT2D eigenvalue weighted by Gasteiger charge is -2.15. The maximum Gasteiger partial charge on any atom is 0.333 e. The van der Waals surface area contributed by atoms with Crippen molar-refractivity contribution in [2.24, 2.45) is 11.1 Å². The van der Waals surface area contributed by atoms with Gasteiger partial charge in [0.05, 0.1) is 18.7 Å². The van der Waals surface area contributed by atoms with E-state index in [2.05, 4.69) is 20.4 Å². The first-order valence-corrected chi connectivity index (χ1v) is 12.2. The second-order valence-corrected chi connectivity index (χ2v) is 9.62. The van der Waals surface area contributed by atoms with Gasteiger partial charge in [0.2, 0.25) is 5.78 Å². The van der Waals surface area contributed by atoms with Crippen LogP contribution in [0.4, 0.5) is 10.2 Å². The number of anilines is 1. The van der Waals surface area contributed by atoms with Gasteiger partial charge in [-0.25, -0.2) is 19.5 Å². The molecule has 0 saturated heterocycles. The van der Waals surface area contributed by atoms with Crippen LogP contribution in [0.1, 0.15) is 46.4 Å². The first-order chi connectivity index (χ1) is 16.2. The molecule has 0 unspecified atom stereocenters. The molecule has 0 radical (unpaired) electrons. The summed E-state index contributed by atoms with van der Waals surface area (Å²) in [5.74, 6) is -0.222. The lowest BCUT2D eigenvalue weighted by atomic mass is 10.1. The number of carbonyl (C=O) groups excluding carboxylic acids is 1. The molecule has 12 heteroatoms. The van der Waals surface area contributed by atoms with Gasteiger partial charge in [0, 0.05) is 18.4 Å². The fourth-order valence-electron chi connectivity index (χ4n) is 3.98. The van der Waals surface area contributed by atoms with Gasteiger partial charge in [-0.1, -0.05) is 12.1 Å². The lowest BCUT2D eigenvalue weighted by molar-refractivity contribution is 0.103. The van der Waals surface area contributed by atoms with E-state index in [4.69, 9.17) is 9.32 Å². The van der Waals surface area contributed by atoms with Gasteiger partial charge in [0.15, 0.2) is 0 Å². The van der Waals surface area contributed by atoms with Crippen LogP contribution in [0, 0.1) is 18.7 Å². The molecule has 1 aromatic carbocycles. The van der Waals surface area contributed by atoms with Crippen molar-refractivity contribution in [1.29, 1.82) is 0 Å². The second kappa shape index (κ2) is 9.95. The molecule has 0 spiro atoms. The van der Waals surface area contributed by atoms with E-state index in [0.29, 0.717) is 24.3 Å². The smallest absolute Gasteiger partial charge is 0.333 e. The number of halogens is 1. The predicted molar refractivity (Wildman–Crippen MR) is 122 cm³/mol. The maximum atomic E-state index is 13.8. The van der Waals surface area contributed by atoms with Gasteiger partial charge in [0.25, 0.3) is 0 Å². The highest BCUT2D eigenvalue weighted by atomic mass is 32.2. The molecule has 0 bridgehead atoms. The van der Waals surface area contributed by atoms with Crippen LogP contribution in [0.5, 0.6) is 0 Å². The number of hydrogen-bond donors (Lipinski definition) is 2. The van der Waals surface area contributed by atoms with Crippen molar-refractivity contribution in [2.45, 2.75) is 38.8 Å². The van der Waals surface area contributed by atoms with E-state index in [1.807, 2.05) is 6.07 Å². The zero-order chi connectivity index (χ0) is 24.3. The van der Waals surface area contributed by atoms with Crippen LogP contribution in [-0.2, 0) is 21.0 Å².